The van der Waals surface area contributed by atoms with Crippen molar-refractivity contribution in [3.05, 3.63) is 21.5 Å². The summed E-state index contributed by atoms with van der Waals surface area (Å²) in [4.78, 5) is 32.6. The molecule has 0 saturated heterocycles. The molecule has 0 aliphatic carbocycles. The SMILES string of the molecule is CCCc1[nH]nc(C(=O)N[C@H](C)C(=O)O)c1[N+](=O)[O-]. The van der Waals surface area contributed by atoms with Gasteiger partial charge < -0.3 is 10.4 Å². The Bertz CT molecular complexity index is 510. The number of carboxylic acids is 1. The van der Waals surface area contributed by atoms with Crippen LogP contribution in [0.4, 0.5) is 5.69 Å². The zero-order valence-electron chi connectivity index (χ0n) is 10.5. The van der Waals surface area contributed by atoms with Crippen LogP contribution in [0.25, 0.3) is 0 Å². The van der Waals surface area contributed by atoms with Crippen molar-refractivity contribution in [1.82, 2.24) is 15.5 Å². The smallest absolute Gasteiger partial charge is 0.325 e. The first kappa shape index (κ1) is 14.6. The standard InChI is InChI=1S/C10H14N4O5/c1-3-4-6-8(14(18)19)7(13-12-6)9(15)11-5(2)10(16)17/h5H,3-4H2,1-2H3,(H,11,15)(H,12,13)(H,16,17)/t5-/m1/s1. The molecule has 9 nitrogen and oxygen atoms in total. The largest absolute Gasteiger partial charge is 0.480 e. The van der Waals surface area contributed by atoms with Crippen LogP contribution in [0.2, 0.25) is 0 Å². The van der Waals surface area contributed by atoms with Crippen molar-refractivity contribution >= 4 is 17.6 Å². The maximum absolute atomic E-state index is 11.7. The predicted octanol–water partition coefficient (Wildman–Crippen LogP) is 0.473. The number of H-pyrrole nitrogens is 1. The molecule has 0 saturated carbocycles. The third-order valence-electron chi connectivity index (χ3n) is 2.43. The van der Waals surface area contributed by atoms with Crippen molar-refractivity contribution < 1.29 is 19.6 Å². The number of nitrogens with one attached hydrogen (secondary N) is 2. The van der Waals surface area contributed by atoms with Gasteiger partial charge in [-0.15, -0.1) is 0 Å². The van der Waals surface area contributed by atoms with Crippen LogP contribution in [0.15, 0.2) is 0 Å². The van der Waals surface area contributed by atoms with Crippen LogP contribution >= 0.6 is 0 Å². The highest BCUT2D eigenvalue weighted by atomic mass is 16.6. The molecule has 1 aromatic rings. The molecule has 104 valence electrons. The van der Waals surface area contributed by atoms with Crippen LogP contribution in [0.1, 0.15) is 36.5 Å². The maximum Gasteiger partial charge on any atom is 0.325 e. The lowest BCUT2D eigenvalue weighted by Crippen LogP contribution is -2.38. The second-order valence-electron chi connectivity index (χ2n) is 3.94. The first-order chi connectivity index (χ1) is 8.88. The number of carbonyl (C=O) groups excluding carboxylic acids is 1. The lowest BCUT2D eigenvalue weighted by molar-refractivity contribution is -0.385. The van der Waals surface area contributed by atoms with E-state index in [1.54, 1.807) is 0 Å². The molecule has 1 aromatic heterocycles. The van der Waals surface area contributed by atoms with Crippen LogP contribution in [0, 0.1) is 10.1 Å². The number of aromatic amines is 1. The molecular weight excluding hydrogens is 256 g/mol. The van der Waals surface area contributed by atoms with Gasteiger partial charge in [0.1, 0.15) is 11.7 Å². The van der Waals surface area contributed by atoms with E-state index in [9.17, 15) is 19.7 Å². The molecular formula is C10H14N4O5. The minimum Gasteiger partial charge on any atom is -0.480 e. The average Bonchev–Trinajstić information content (AvgIpc) is 2.73. The number of carbonyl (C=O) groups is 2. The van der Waals surface area contributed by atoms with Crippen LogP contribution in [0.3, 0.4) is 0 Å². The molecule has 0 radical (unpaired) electrons. The van der Waals surface area contributed by atoms with Gasteiger partial charge in [0.25, 0.3) is 5.91 Å². The van der Waals surface area contributed by atoms with Gasteiger partial charge in [0.15, 0.2) is 0 Å². The molecule has 19 heavy (non-hydrogen) atoms. The Balaban J connectivity index is 3.03. The number of aliphatic carboxylic acids is 1. The molecule has 0 aliphatic rings. The average molecular weight is 270 g/mol. The number of rotatable bonds is 6. The summed E-state index contributed by atoms with van der Waals surface area (Å²) in [7, 11) is 0. The molecule has 1 rings (SSSR count). The summed E-state index contributed by atoms with van der Waals surface area (Å²) in [6.07, 6.45) is 1.03. The second kappa shape index (κ2) is 5.94. The summed E-state index contributed by atoms with van der Waals surface area (Å²) >= 11 is 0. The Morgan fingerprint density at radius 2 is 2.21 bits per heavy atom. The van der Waals surface area contributed by atoms with E-state index in [0.717, 1.165) is 0 Å². The van der Waals surface area contributed by atoms with Gasteiger partial charge in [0.2, 0.25) is 5.69 Å². The van der Waals surface area contributed by atoms with Crippen molar-refractivity contribution in [1.29, 1.82) is 0 Å². The van der Waals surface area contributed by atoms with Gasteiger partial charge in [-0.1, -0.05) is 13.3 Å². The Labute approximate surface area is 108 Å². The minimum absolute atomic E-state index is 0.251. The molecule has 1 atom stereocenters. The van der Waals surface area contributed by atoms with Crippen molar-refractivity contribution in [2.75, 3.05) is 0 Å². The van der Waals surface area contributed by atoms with Crippen molar-refractivity contribution in [2.45, 2.75) is 32.7 Å². The van der Waals surface area contributed by atoms with Gasteiger partial charge >= 0.3 is 11.7 Å². The maximum atomic E-state index is 11.7. The molecule has 0 spiro atoms. The van der Waals surface area contributed by atoms with E-state index in [-0.39, 0.29) is 5.69 Å². The monoisotopic (exact) mass is 270 g/mol. The van der Waals surface area contributed by atoms with Gasteiger partial charge in [-0.05, 0) is 13.3 Å². The molecule has 1 amide bonds. The number of nitro groups is 1. The highest BCUT2D eigenvalue weighted by Gasteiger charge is 2.30. The number of carboxylic acid groups (broad SMARTS) is 1. The number of amides is 1. The number of aryl methyl sites for hydroxylation is 1. The Morgan fingerprint density at radius 3 is 2.68 bits per heavy atom. The van der Waals surface area contributed by atoms with Crippen molar-refractivity contribution in [3.63, 3.8) is 0 Å². The molecule has 9 heteroatoms. The van der Waals surface area contributed by atoms with Crippen LogP contribution in [0.5, 0.6) is 0 Å². The zero-order valence-corrected chi connectivity index (χ0v) is 10.5. The van der Waals surface area contributed by atoms with E-state index in [1.807, 2.05) is 6.92 Å². The van der Waals surface area contributed by atoms with E-state index in [1.165, 1.54) is 6.92 Å². The molecule has 3 N–H and O–H groups in total. The highest BCUT2D eigenvalue weighted by Crippen LogP contribution is 2.22. The van der Waals surface area contributed by atoms with E-state index in [0.29, 0.717) is 12.8 Å². The van der Waals surface area contributed by atoms with Crippen LogP contribution < -0.4 is 5.32 Å². The third-order valence-corrected chi connectivity index (χ3v) is 2.43. The Kier molecular flexibility index (Phi) is 4.56. The molecule has 0 aliphatic heterocycles. The Hall–Kier alpha value is -2.45. The number of hydrogen-bond donors (Lipinski definition) is 3. The fraction of sp³-hybridized carbons (Fsp3) is 0.500. The molecule has 0 fully saturated rings. The van der Waals surface area contributed by atoms with Gasteiger partial charge in [-0.25, -0.2) is 0 Å². The van der Waals surface area contributed by atoms with Crippen LogP contribution in [-0.2, 0) is 11.2 Å². The molecule has 0 aromatic carbocycles. The Morgan fingerprint density at radius 1 is 1.58 bits per heavy atom. The highest BCUT2D eigenvalue weighted by molar-refractivity contribution is 5.98. The first-order valence-corrected chi connectivity index (χ1v) is 5.63. The van der Waals surface area contributed by atoms with Gasteiger partial charge in [0.05, 0.1) is 4.92 Å². The van der Waals surface area contributed by atoms with E-state index in [4.69, 9.17) is 5.11 Å². The molecule has 0 unspecified atom stereocenters. The lowest BCUT2D eigenvalue weighted by atomic mass is 10.2. The third kappa shape index (κ3) is 3.27. The lowest BCUT2D eigenvalue weighted by Gasteiger charge is -2.06. The van der Waals surface area contributed by atoms with Crippen molar-refractivity contribution in [2.24, 2.45) is 0 Å². The zero-order chi connectivity index (χ0) is 14.6. The molecule has 1 heterocycles. The summed E-state index contributed by atoms with van der Waals surface area (Å²) in [6.45, 7) is 3.09. The summed E-state index contributed by atoms with van der Waals surface area (Å²) in [6, 6.07) is -1.15. The summed E-state index contributed by atoms with van der Waals surface area (Å²) in [5.74, 6) is -2.12. The number of aromatic nitrogens is 2. The predicted molar refractivity (Wildman–Crippen MR) is 63.8 cm³/mol. The van der Waals surface area contributed by atoms with E-state index in [2.05, 4.69) is 15.5 Å². The normalized spacial score (nSPS) is 11.9. The summed E-state index contributed by atoms with van der Waals surface area (Å²) in [5.41, 5.74) is -0.556. The fourth-order valence-corrected chi connectivity index (χ4v) is 1.48. The fourth-order valence-electron chi connectivity index (χ4n) is 1.48. The molecule has 0 bridgehead atoms. The summed E-state index contributed by atoms with van der Waals surface area (Å²) in [5, 5.41) is 27.8. The van der Waals surface area contributed by atoms with Gasteiger partial charge in [-0.2, -0.15) is 5.10 Å². The minimum atomic E-state index is -1.24. The van der Waals surface area contributed by atoms with Gasteiger partial charge in [0, 0.05) is 0 Å². The number of hydrogen-bond acceptors (Lipinski definition) is 5. The summed E-state index contributed by atoms with van der Waals surface area (Å²) < 4.78 is 0. The quantitative estimate of drug-likeness (QED) is 0.507. The van der Waals surface area contributed by atoms with E-state index < -0.39 is 34.2 Å². The number of nitrogens with zero attached hydrogens (tertiary/aromatic N) is 2. The van der Waals surface area contributed by atoms with E-state index >= 15 is 0 Å². The first-order valence-electron chi connectivity index (χ1n) is 5.63. The van der Waals surface area contributed by atoms with Gasteiger partial charge in [-0.3, -0.25) is 24.8 Å². The topological polar surface area (TPSA) is 138 Å². The van der Waals surface area contributed by atoms with Crippen molar-refractivity contribution in [3.8, 4) is 0 Å². The van der Waals surface area contributed by atoms with Crippen LogP contribution in [-0.4, -0.2) is 38.1 Å². The second-order valence-corrected chi connectivity index (χ2v) is 3.94.